The Labute approximate surface area is 106 Å². The van der Waals surface area contributed by atoms with E-state index >= 15 is 0 Å². The largest absolute Gasteiger partial charge is 0.465 e. The summed E-state index contributed by atoms with van der Waals surface area (Å²) in [5, 5.41) is 8.34. The summed E-state index contributed by atoms with van der Waals surface area (Å²) in [6, 6.07) is 8.17. The van der Waals surface area contributed by atoms with Gasteiger partial charge in [-0.1, -0.05) is 19.1 Å². The van der Waals surface area contributed by atoms with E-state index in [1.807, 2.05) is 6.07 Å². The van der Waals surface area contributed by atoms with Gasteiger partial charge in [-0.2, -0.15) is 5.26 Å². The number of halogens is 1. The van der Waals surface area contributed by atoms with E-state index in [0.717, 1.165) is 5.56 Å². The summed E-state index contributed by atoms with van der Waals surface area (Å²) < 4.78 is 18.0. The van der Waals surface area contributed by atoms with Crippen molar-refractivity contribution in [2.45, 2.75) is 26.2 Å². The summed E-state index contributed by atoms with van der Waals surface area (Å²) >= 11 is 0. The van der Waals surface area contributed by atoms with Gasteiger partial charge in [0.15, 0.2) is 0 Å². The third-order valence-electron chi connectivity index (χ3n) is 2.51. The lowest BCUT2D eigenvalue weighted by atomic mass is 10.0. The Kier molecular flexibility index (Phi) is 5.86. The molecule has 1 aromatic carbocycles. The number of esters is 1. The van der Waals surface area contributed by atoms with Crippen molar-refractivity contribution in [1.82, 2.24) is 0 Å². The van der Waals surface area contributed by atoms with Gasteiger partial charge in [0, 0.05) is 6.42 Å². The van der Waals surface area contributed by atoms with E-state index < -0.39 is 0 Å². The Morgan fingerprint density at radius 3 is 3.00 bits per heavy atom. The molecule has 0 aliphatic rings. The summed E-state index contributed by atoms with van der Waals surface area (Å²) in [5.41, 5.74) is 0.775. The lowest BCUT2D eigenvalue weighted by Crippen LogP contribution is -2.17. The van der Waals surface area contributed by atoms with Crippen molar-refractivity contribution in [3.63, 3.8) is 0 Å². The first-order chi connectivity index (χ1) is 8.63. The lowest BCUT2D eigenvalue weighted by molar-refractivity contribution is -0.147. The highest BCUT2D eigenvalue weighted by Crippen LogP contribution is 2.11. The van der Waals surface area contributed by atoms with Crippen LogP contribution in [0.1, 0.15) is 25.3 Å². The molecule has 0 spiro atoms. The van der Waals surface area contributed by atoms with Gasteiger partial charge in [0.25, 0.3) is 0 Å². The highest BCUT2D eigenvalue weighted by atomic mass is 19.1. The predicted molar refractivity (Wildman–Crippen MR) is 65.1 cm³/mol. The van der Waals surface area contributed by atoms with E-state index in [9.17, 15) is 9.18 Å². The highest BCUT2D eigenvalue weighted by molar-refractivity contribution is 5.72. The van der Waals surface area contributed by atoms with Crippen molar-refractivity contribution >= 4 is 5.97 Å². The summed E-state index contributed by atoms with van der Waals surface area (Å²) in [4.78, 5) is 11.6. The second-order valence-corrected chi connectivity index (χ2v) is 4.16. The minimum absolute atomic E-state index is 0.264. The van der Waals surface area contributed by atoms with E-state index in [1.54, 1.807) is 19.1 Å². The maximum atomic E-state index is 13.0. The number of benzene rings is 1. The molecule has 96 valence electrons. The van der Waals surface area contributed by atoms with E-state index in [1.165, 1.54) is 12.1 Å². The van der Waals surface area contributed by atoms with Crippen molar-refractivity contribution in [2.75, 3.05) is 6.61 Å². The van der Waals surface area contributed by atoms with Crippen LogP contribution in [0.3, 0.4) is 0 Å². The van der Waals surface area contributed by atoms with E-state index in [0.29, 0.717) is 19.3 Å². The van der Waals surface area contributed by atoms with Crippen LogP contribution in [-0.2, 0) is 16.0 Å². The molecule has 0 radical (unpaired) electrons. The van der Waals surface area contributed by atoms with Crippen LogP contribution in [0, 0.1) is 23.1 Å². The van der Waals surface area contributed by atoms with Crippen molar-refractivity contribution in [3.05, 3.63) is 35.6 Å². The molecule has 0 heterocycles. The summed E-state index contributed by atoms with van der Waals surface area (Å²) in [7, 11) is 0. The minimum atomic E-state index is -0.311. The quantitative estimate of drug-likeness (QED) is 0.575. The molecule has 1 aromatic rings. The van der Waals surface area contributed by atoms with Crippen LogP contribution in [0.2, 0.25) is 0 Å². The third kappa shape index (κ3) is 4.96. The first kappa shape index (κ1) is 14.2. The van der Waals surface area contributed by atoms with Crippen molar-refractivity contribution in [2.24, 2.45) is 5.92 Å². The number of carbonyl (C=O) groups excluding carboxylic acids is 1. The Balaban J connectivity index is 2.38. The maximum Gasteiger partial charge on any atom is 0.308 e. The van der Waals surface area contributed by atoms with Gasteiger partial charge in [0.05, 0.1) is 18.6 Å². The smallest absolute Gasteiger partial charge is 0.308 e. The number of unbranched alkanes of at least 4 members (excludes halogenated alkanes) is 1. The topological polar surface area (TPSA) is 50.1 Å². The minimum Gasteiger partial charge on any atom is -0.465 e. The van der Waals surface area contributed by atoms with Crippen LogP contribution in [0.25, 0.3) is 0 Å². The van der Waals surface area contributed by atoms with Gasteiger partial charge in [-0.3, -0.25) is 4.79 Å². The Hall–Kier alpha value is -1.89. The summed E-state index contributed by atoms with van der Waals surface area (Å²) in [6.07, 6.45) is 1.38. The SMILES string of the molecule is CC(Cc1cccc(F)c1)C(=O)OCCCC#N. The van der Waals surface area contributed by atoms with Gasteiger partial charge in [-0.05, 0) is 30.5 Å². The van der Waals surface area contributed by atoms with Crippen molar-refractivity contribution < 1.29 is 13.9 Å². The fourth-order valence-electron chi connectivity index (χ4n) is 1.57. The third-order valence-corrected chi connectivity index (χ3v) is 2.51. The first-order valence-electron chi connectivity index (χ1n) is 5.91. The zero-order chi connectivity index (χ0) is 13.4. The molecule has 1 rings (SSSR count). The Morgan fingerprint density at radius 1 is 1.56 bits per heavy atom. The molecule has 0 aliphatic heterocycles. The number of carbonyl (C=O) groups is 1. The van der Waals surface area contributed by atoms with Crippen LogP contribution in [0.5, 0.6) is 0 Å². The van der Waals surface area contributed by atoms with Gasteiger partial charge < -0.3 is 4.74 Å². The lowest BCUT2D eigenvalue weighted by Gasteiger charge is -2.11. The van der Waals surface area contributed by atoms with Crippen LogP contribution in [0.4, 0.5) is 4.39 Å². The number of hydrogen-bond acceptors (Lipinski definition) is 3. The average Bonchev–Trinajstić information content (AvgIpc) is 2.34. The molecule has 0 N–H and O–H groups in total. The van der Waals surface area contributed by atoms with Crippen molar-refractivity contribution in [1.29, 1.82) is 5.26 Å². The van der Waals surface area contributed by atoms with Crippen LogP contribution < -0.4 is 0 Å². The molecule has 1 unspecified atom stereocenters. The normalized spacial score (nSPS) is 11.6. The fraction of sp³-hybridized carbons (Fsp3) is 0.429. The fourth-order valence-corrected chi connectivity index (χ4v) is 1.57. The molecular weight excluding hydrogens is 233 g/mol. The Morgan fingerprint density at radius 2 is 2.33 bits per heavy atom. The van der Waals surface area contributed by atoms with Gasteiger partial charge in [-0.25, -0.2) is 4.39 Å². The molecule has 3 nitrogen and oxygen atoms in total. The molecule has 0 fully saturated rings. The van der Waals surface area contributed by atoms with E-state index in [2.05, 4.69) is 0 Å². The van der Waals surface area contributed by atoms with Gasteiger partial charge in [0.2, 0.25) is 0 Å². The molecule has 0 saturated carbocycles. The van der Waals surface area contributed by atoms with E-state index in [-0.39, 0.29) is 24.3 Å². The Bertz CT molecular complexity index is 440. The average molecular weight is 249 g/mol. The highest BCUT2D eigenvalue weighted by Gasteiger charge is 2.15. The van der Waals surface area contributed by atoms with Crippen LogP contribution in [-0.4, -0.2) is 12.6 Å². The van der Waals surface area contributed by atoms with Crippen LogP contribution >= 0.6 is 0 Å². The molecule has 0 aliphatic carbocycles. The maximum absolute atomic E-state index is 13.0. The second kappa shape index (κ2) is 7.44. The second-order valence-electron chi connectivity index (χ2n) is 4.16. The molecule has 18 heavy (non-hydrogen) atoms. The zero-order valence-corrected chi connectivity index (χ0v) is 10.4. The number of rotatable bonds is 6. The van der Waals surface area contributed by atoms with Gasteiger partial charge >= 0.3 is 5.97 Å². The van der Waals surface area contributed by atoms with Crippen molar-refractivity contribution in [3.8, 4) is 6.07 Å². The zero-order valence-electron chi connectivity index (χ0n) is 10.4. The summed E-state index contributed by atoms with van der Waals surface area (Å²) in [6.45, 7) is 2.01. The molecule has 0 bridgehead atoms. The van der Waals surface area contributed by atoms with Gasteiger partial charge in [0.1, 0.15) is 5.82 Å². The van der Waals surface area contributed by atoms with Crippen LogP contribution in [0.15, 0.2) is 24.3 Å². The van der Waals surface area contributed by atoms with E-state index in [4.69, 9.17) is 10.00 Å². The molecule has 0 amide bonds. The number of ether oxygens (including phenoxy) is 1. The number of nitriles is 1. The number of nitrogens with zero attached hydrogens (tertiary/aromatic N) is 1. The first-order valence-corrected chi connectivity index (χ1v) is 5.91. The predicted octanol–water partition coefficient (Wildman–Crippen LogP) is 2.85. The molecule has 1 atom stereocenters. The number of hydrogen-bond donors (Lipinski definition) is 0. The molecule has 0 aromatic heterocycles. The van der Waals surface area contributed by atoms with Gasteiger partial charge in [-0.15, -0.1) is 0 Å². The monoisotopic (exact) mass is 249 g/mol. The summed E-state index contributed by atoms with van der Waals surface area (Å²) in [5.74, 6) is -0.923. The molecule has 4 heteroatoms. The standard InChI is InChI=1S/C14H16FNO2/c1-11(14(17)18-8-3-2-7-16)9-12-5-4-6-13(15)10-12/h4-6,10-11H,2-3,8-9H2,1H3. The molecule has 0 saturated heterocycles. The molecular formula is C14H16FNO2.